The zero-order valence-corrected chi connectivity index (χ0v) is 12.9. The van der Waals surface area contributed by atoms with E-state index in [1.807, 2.05) is 30.3 Å². The highest BCUT2D eigenvalue weighted by Crippen LogP contribution is 2.22. The Hall–Kier alpha value is -2.34. The summed E-state index contributed by atoms with van der Waals surface area (Å²) in [5, 5.41) is 8.58. The van der Waals surface area contributed by atoms with E-state index in [9.17, 15) is 9.59 Å². The molecule has 0 unspecified atom stereocenters. The highest BCUT2D eigenvalue weighted by atomic mass is 16.6. The van der Waals surface area contributed by atoms with Gasteiger partial charge in [-0.1, -0.05) is 36.4 Å². The molecule has 1 amide bonds. The van der Waals surface area contributed by atoms with Crippen molar-refractivity contribution in [1.29, 1.82) is 0 Å². The number of carbonyl (C=O) groups is 2. The van der Waals surface area contributed by atoms with Gasteiger partial charge in [0, 0.05) is 18.7 Å². The average molecular weight is 318 g/mol. The largest absolute Gasteiger partial charge is 0.478 e. The Morgan fingerprint density at radius 3 is 2.78 bits per heavy atom. The second-order valence-electron chi connectivity index (χ2n) is 5.57. The third-order valence-electron chi connectivity index (χ3n) is 3.93. The third-order valence-corrected chi connectivity index (χ3v) is 3.93. The predicted octanol–water partition coefficient (Wildman–Crippen LogP) is 2.15. The number of hydrogen-bond donors (Lipinski definition) is 2. The van der Waals surface area contributed by atoms with E-state index in [1.54, 1.807) is 11.0 Å². The van der Waals surface area contributed by atoms with Crippen molar-refractivity contribution in [2.24, 2.45) is 5.73 Å². The lowest BCUT2D eigenvalue weighted by atomic mass is 10.0. The van der Waals surface area contributed by atoms with E-state index in [0.29, 0.717) is 19.4 Å². The molecule has 1 aliphatic heterocycles. The lowest BCUT2D eigenvalue weighted by Gasteiger charge is -2.25. The summed E-state index contributed by atoms with van der Waals surface area (Å²) in [4.78, 5) is 24.4. The van der Waals surface area contributed by atoms with Crippen LogP contribution in [0.2, 0.25) is 0 Å². The van der Waals surface area contributed by atoms with E-state index >= 15 is 0 Å². The number of nitrogens with two attached hydrogens (primary N) is 1. The van der Waals surface area contributed by atoms with Gasteiger partial charge in [0.05, 0.1) is 6.04 Å². The molecule has 0 aromatic heterocycles. The number of carbonyl (C=O) groups excluding carboxylic acids is 1. The van der Waals surface area contributed by atoms with Crippen molar-refractivity contribution in [1.82, 2.24) is 4.90 Å². The summed E-state index contributed by atoms with van der Waals surface area (Å²) in [6, 6.07) is 9.29. The highest BCUT2D eigenvalue weighted by Gasteiger charge is 2.35. The summed E-state index contributed by atoms with van der Waals surface area (Å²) in [6.07, 6.45) is 4.25. The van der Waals surface area contributed by atoms with Gasteiger partial charge in [0.25, 0.3) is 0 Å². The SMILES string of the molecule is N[C@H]1CCN(C(=O)OCc2ccccc2)[C@@H]1CCC=CC(=O)O. The fourth-order valence-corrected chi connectivity index (χ4v) is 2.73. The van der Waals surface area contributed by atoms with Crippen molar-refractivity contribution in [2.45, 2.75) is 38.0 Å². The number of nitrogens with zero attached hydrogens (tertiary/aromatic N) is 1. The maximum Gasteiger partial charge on any atom is 0.410 e. The monoisotopic (exact) mass is 318 g/mol. The molecule has 2 atom stereocenters. The Morgan fingerprint density at radius 2 is 2.09 bits per heavy atom. The number of aliphatic carboxylic acids is 1. The minimum Gasteiger partial charge on any atom is -0.478 e. The zero-order valence-electron chi connectivity index (χ0n) is 12.9. The molecule has 1 saturated heterocycles. The quantitative estimate of drug-likeness (QED) is 0.784. The van der Waals surface area contributed by atoms with Crippen molar-refractivity contribution >= 4 is 12.1 Å². The molecule has 1 fully saturated rings. The number of carboxylic acid groups (broad SMARTS) is 1. The second-order valence-corrected chi connectivity index (χ2v) is 5.57. The molecule has 3 N–H and O–H groups in total. The normalized spacial score (nSPS) is 20.8. The molecule has 124 valence electrons. The molecule has 1 aromatic carbocycles. The van der Waals surface area contributed by atoms with Gasteiger partial charge >= 0.3 is 12.1 Å². The van der Waals surface area contributed by atoms with Gasteiger partial charge in [-0.25, -0.2) is 9.59 Å². The summed E-state index contributed by atoms with van der Waals surface area (Å²) in [5.41, 5.74) is 7.00. The highest BCUT2D eigenvalue weighted by molar-refractivity contribution is 5.79. The Bertz CT molecular complexity index is 559. The van der Waals surface area contributed by atoms with Crippen LogP contribution < -0.4 is 5.73 Å². The Kier molecular flexibility index (Phi) is 6.17. The molecule has 1 aliphatic rings. The number of allylic oxidation sites excluding steroid dienone is 1. The molecule has 1 heterocycles. The van der Waals surface area contributed by atoms with Crippen molar-refractivity contribution in [3.8, 4) is 0 Å². The fourth-order valence-electron chi connectivity index (χ4n) is 2.73. The maximum absolute atomic E-state index is 12.3. The second kappa shape index (κ2) is 8.33. The lowest BCUT2D eigenvalue weighted by Crippen LogP contribution is -2.42. The number of carboxylic acids is 1. The number of rotatable bonds is 6. The van der Waals surface area contributed by atoms with Crippen molar-refractivity contribution in [2.75, 3.05) is 6.54 Å². The van der Waals surface area contributed by atoms with E-state index in [1.165, 1.54) is 0 Å². The summed E-state index contributed by atoms with van der Waals surface area (Å²) in [7, 11) is 0. The minimum absolute atomic E-state index is 0.0995. The van der Waals surface area contributed by atoms with Gasteiger partial charge in [-0.3, -0.25) is 0 Å². The van der Waals surface area contributed by atoms with Crippen LogP contribution in [-0.2, 0) is 16.1 Å². The molecule has 6 nitrogen and oxygen atoms in total. The number of benzene rings is 1. The van der Waals surface area contributed by atoms with Crippen LogP contribution in [0, 0.1) is 0 Å². The van der Waals surface area contributed by atoms with Crippen LogP contribution >= 0.6 is 0 Å². The minimum atomic E-state index is -0.972. The fraction of sp³-hybridized carbons (Fsp3) is 0.412. The topological polar surface area (TPSA) is 92.9 Å². The molecule has 0 spiro atoms. The van der Waals surface area contributed by atoms with Gasteiger partial charge in [0.2, 0.25) is 0 Å². The Morgan fingerprint density at radius 1 is 1.35 bits per heavy atom. The third kappa shape index (κ3) is 5.10. The maximum atomic E-state index is 12.3. The van der Waals surface area contributed by atoms with Crippen LogP contribution in [-0.4, -0.2) is 40.7 Å². The molecule has 0 aliphatic carbocycles. The van der Waals surface area contributed by atoms with Crippen LogP contribution in [0.25, 0.3) is 0 Å². The van der Waals surface area contributed by atoms with E-state index < -0.39 is 5.97 Å². The lowest BCUT2D eigenvalue weighted by molar-refractivity contribution is -0.131. The van der Waals surface area contributed by atoms with Crippen LogP contribution in [0.1, 0.15) is 24.8 Å². The first-order valence-corrected chi connectivity index (χ1v) is 7.70. The molecule has 0 saturated carbocycles. The summed E-state index contributed by atoms with van der Waals surface area (Å²) >= 11 is 0. The van der Waals surface area contributed by atoms with Gasteiger partial charge in [0.15, 0.2) is 0 Å². The standard InChI is InChI=1S/C17H22N2O4/c18-14-10-11-19(15(14)8-4-5-9-16(20)21)17(22)23-12-13-6-2-1-3-7-13/h1-3,5-7,9,14-15H,4,8,10-12,18H2,(H,20,21)/t14-,15+/m0/s1. The predicted molar refractivity (Wildman–Crippen MR) is 85.7 cm³/mol. The average Bonchev–Trinajstić information content (AvgIpc) is 2.91. The van der Waals surface area contributed by atoms with E-state index in [-0.39, 0.29) is 24.8 Å². The molecule has 23 heavy (non-hydrogen) atoms. The van der Waals surface area contributed by atoms with Crippen LogP contribution in [0.15, 0.2) is 42.5 Å². The van der Waals surface area contributed by atoms with E-state index in [4.69, 9.17) is 15.6 Å². The molecule has 6 heteroatoms. The molecule has 1 aromatic rings. The Balaban J connectivity index is 1.86. The van der Waals surface area contributed by atoms with E-state index in [2.05, 4.69) is 0 Å². The van der Waals surface area contributed by atoms with Crippen LogP contribution in [0.3, 0.4) is 0 Å². The van der Waals surface area contributed by atoms with Crippen molar-refractivity contribution in [3.05, 3.63) is 48.0 Å². The van der Waals surface area contributed by atoms with Gasteiger partial charge < -0.3 is 20.5 Å². The molecule has 0 radical (unpaired) electrons. The van der Waals surface area contributed by atoms with Gasteiger partial charge in [-0.05, 0) is 24.8 Å². The van der Waals surface area contributed by atoms with Crippen LogP contribution in [0.5, 0.6) is 0 Å². The molecule has 2 rings (SSSR count). The zero-order chi connectivity index (χ0) is 16.7. The smallest absolute Gasteiger partial charge is 0.410 e. The Labute approximate surface area is 135 Å². The van der Waals surface area contributed by atoms with Gasteiger partial charge in [0.1, 0.15) is 6.61 Å². The summed E-state index contributed by atoms with van der Waals surface area (Å²) in [5.74, 6) is -0.972. The number of likely N-dealkylation sites (tertiary alicyclic amines) is 1. The van der Waals surface area contributed by atoms with Gasteiger partial charge in [-0.15, -0.1) is 0 Å². The van der Waals surface area contributed by atoms with E-state index in [0.717, 1.165) is 18.1 Å². The molecule has 0 bridgehead atoms. The molecular formula is C17H22N2O4. The van der Waals surface area contributed by atoms with Crippen molar-refractivity contribution < 1.29 is 19.4 Å². The van der Waals surface area contributed by atoms with Crippen molar-refractivity contribution in [3.63, 3.8) is 0 Å². The first-order valence-electron chi connectivity index (χ1n) is 7.70. The first-order chi connectivity index (χ1) is 11.1. The van der Waals surface area contributed by atoms with Gasteiger partial charge in [-0.2, -0.15) is 0 Å². The number of hydrogen-bond acceptors (Lipinski definition) is 4. The van der Waals surface area contributed by atoms with Crippen LogP contribution in [0.4, 0.5) is 4.79 Å². The number of ether oxygens (including phenoxy) is 1. The summed E-state index contributed by atoms with van der Waals surface area (Å²) < 4.78 is 5.35. The first kappa shape index (κ1) is 17.0. The molecular weight excluding hydrogens is 296 g/mol. The summed E-state index contributed by atoms with van der Waals surface area (Å²) in [6.45, 7) is 0.805. The number of amides is 1.